The zero-order chi connectivity index (χ0) is 14.2. The first kappa shape index (κ1) is 17.4. The van der Waals surface area contributed by atoms with E-state index in [1.54, 1.807) is 0 Å². The third kappa shape index (κ3) is 7.69. The summed E-state index contributed by atoms with van der Waals surface area (Å²) in [7, 11) is -0.835. The van der Waals surface area contributed by atoms with Gasteiger partial charge in [-0.25, -0.2) is 0 Å². The van der Waals surface area contributed by atoms with Crippen molar-refractivity contribution < 1.29 is 4.21 Å². The number of hydrogen-bond acceptors (Lipinski definition) is 2. The Balaban J connectivity index is 4.28. The fourth-order valence-electron chi connectivity index (χ4n) is 1.20. The van der Waals surface area contributed by atoms with E-state index in [1.807, 2.05) is 27.7 Å². The van der Waals surface area contributed by atoms with Crippen LogP contribution < -0.4 is 10.6 Å². The molecular weight excluding hydrogens is 246 g/mol. The molecule has 0 radical (unpaired) electrons. The van der Waals surface area contributed by atoms with Crippen LogP contribution in [0.15, 0.2) is 4.99 Å². The van der Waals surface area contributed by atoms with E-state index in [1.165, 1.54) is 0 Å². The molecule has 0 saturated carbocycles. The van der Waals surface area contributed by atoms with Gasteiger partial charge >= 0.3 is 0 Å². The molecule has 18 heavy (non-hydrogen) atoms. The average Bonchev–Trinajstić information content (AvgIpc) is 2.27. The van der Waals surface area contributed by atoms with E-state index < -0.39 is 10.8 Å². The standard InChI is InChI=1S/C13H29N3OS/c1-7-11(3)16-12(14-8-2)15-9-10-18(17)13(4,5)6/h11H,7-10H2,1-6H3,(H2,14,15,16). The Bertz CT molecular complexity index is 284. The molecule has 0 aliphatic carbocycles. The van der Waals surface area contributed by atoms with E-state index in [4.69, 9.17) is 0 Å². The maximum atomic E-state index is 11.9. The molecule has 0 rings (SSSR count). The first-order valence-corrected chi connectivity index (χ1v) is 8.06. The van der Waals surface area contributed by atoms with Crippen LogP contribution in [0.1, 0.15) is 48.0 Å². The second kappa shape index (κ2) is 8.51. The van der Waals surface area contributed by atoms with Gasteiger partial charge in [0.1, 0.15) is 0 Å². The van der Waals surface area contributed by atoms with Crippen molar-refractivity contribution in [3.63, 3.8) is 0 Å². The first-order chi connectivity index (χ1) is 8.31. The molecule has 0 saturated heterocycles. The zero-order valence-electron chi connectivity index (χ0n) is 12.7. The van der Waals surface area contributed by atoms with Crippen LogP contribution in [0.2, 0.25) is 0 Å². The quantitative estimate of drug-likeness (QED) is 0.575. The minimum Gasteiger partial charge on any atom is -0.357 e. The molecular formula is C13H29N3OS. The van der Waals surface area contributed by atoms with Crippen molar-refractivity contribution in [2.75, 3.05) is 18.8 Å². The van der Waals surface area contributed by atoms with Gasteiger partial charge in [0.25, 0.3) is 0 Å². The first-order valence-electron chi connectivity index (χ1n) is 6.74. The molecule has 2 unspecified atom stereocenters. The predicted molar refractivity (Wildman–Crippen MR) is 81.6 cm³/mol. The van der Waals surface area contributed by atoms with Crippen LogP contribution in [0.3, 0.4) is 0 Å². The van der Waals surface area contributed by atoms with Crippen molar-refractivity contribution in [3.05, 3.63) is 0 Å². The molecule has 2 N–H and O–H groups in total. The van der Waals surface area contributed by atoms with Gasteiger partial charge in [0.05, 0.1) is 6.54 Å². The fourth-order valence-corrected chi connectivity index (χ4v) is 2.07. The summed E-state index contributed by atoms with van der Waals surface area (Å²) in [6, 6.07) is 0.399. The Morgan fingerprint density at radius 2 is 1.94 bits per heavy atom. The van der Waals surface area contributed by atoms with Gasteiger partial charge in [0.15, 0.2) is 5.96 Å². The normalized spacial score (nSPS) is 16.2. The summed E-state index contributed by atoms with van der Waals surface area (Å²) in [4.78, 5) is 4.46. The Kier molecular flexibility index (Phi) is 8.24. The van der Waals surface area contributed by atoms with Crippen LogP contribution in [0, 0.1) is 0 Å². The molecule has 0 aliphatic heterocycles. The SMILES string of the molecule is CCNC(=NCCS(=O)C(C)(C)C)NC(C)CC. The number of hydrogen-bond donors (Lipinski definition) is 2. The van der Waals surface area contributed by atoms with Crippen LogP contribution in [-0.4, -0.2) is 39.8 Å². The molecule has 0 spiro atoms. The number of guanidine groups is 1. The number of aliphatic imine (C=N–C) groups is 1. The molecule has 0 aromatic carbocycles. The van der Waals surface area contributed by atoms with Gasteiger partial charge in [-0.15, -0.1) is 0 Å². The lowest BCUT2D eigenvalue weighted by atomic mass is 10.3. The van der Waals surface area contributed by atoms with Gasteiger partial charge in [0, 0.05) is 33.9 Å². The van der Waals surface area contributed by atoms with Gasteiger partial charge in [-0.3, -0.25) is 9.20 Å². The number of nitrogens with one attached hydrogen (secondary N) is 2. The fraction of sp³-hybridized carbons (Fsp3) is 0.923. The highest BCUT2D eigenvalue weighted by Gasteiger charge is 2.18. The monoisotopic (exact) mass is 275 g/mol. The third-order valence-corrected chi connectivity index (χ3v) is 4.49. The highest BCUT2D eigenvalue weighted by Crippen LogP contribution is 2.10. The molecule has 0 aliphatic rings. The van der Waals surface area contributed by atoms with E-state index >= 15 is 0 Å². The molecule has 4 nitrogen and oxygen atoms in total. The minimum atomic E-state index is -0.835. The highest BCUT2D eigenvalue weighted by molar-refractivity contribution is 7.86. The Morgan fingerprint density at radius 1 is 1.33 bits per heavy atom. The lowest BCUT2D eigenvalue weighted by molar-refractivity contribution is 0.624. The van der Waals surface area contributed by atoms with Crippen molar-refractivity contribution in [1.82, 2.24) is 10.6 Å². The molecule has 0 fully saturated rings. The van der Waals surface area contributed by atoms with E-state index in [0.29, 0.717) is 18.3 Å². The molecule has 0 amide bonds. The maximum Gasteiger partial charge on any atom is 0.191 e. The maximum absolute atomic E-state index is 11.9. The van der Waals surface area contributed by atoms with Gasteiger partial charge in [0.2, 0.25) is 0 Å². The van der Waals surface area contributed by atoms with Gasteiger partial charge < -0.3 is 10.6 Å². The van der Waals surface area contributed by atoms with E-state index in [9.17, 15) is 4.21 Å². The van der Waals surface area contributed by atoms with Gasteiger partial charge in [-0.05, 0) is 41.0 Å². The molecule has 0 aromatic heterocycles. The smallest absolute Gasteiger partial charge is 0.191 e. The largest absolute Gasteiger partial charge is 0.357 e. The summed E-state index contributed by atoms with van der Waals surface area (Å²) in [6.07, 6.45) is 1.05. The molecule has 0 bridgehead atoms. The van der Waals surface area contributed by atoms with E-state index in [0.717, 1.165) is 18.9 Å². The third-order valence-electron chi connectivity index (χ3n) is 2.57. The molecule has 0 heterocycles. The Morgan fingerprint density at radius 3 is 2.39 bits per heavy atom. The van der Waals surface area contributed by atoms with Crippen LogP contribution >= 0.6 is 0 Å². The lowest BCUT2D eigenvalue weighted by Crippen LogP contribution is -2.42. The van der Waals surface area contributed by atoms with Crippen molar-refractivity contribution in [1.29, 1.82) is 0 Å². The topological polar surface area (TPSA) is 53.5 Å². The van der Waals surface area contributed by atoms with Gasteiger partial charge in [-0.2, -0.15) is 0 Å². The number of nitrogens with zero attached hydrogens (tertiary/aromatic N) is 1. The van der Waals surface area contributed by atoms with Crippen molar-refractivity contribution in [2.45, 2.75) is 58.8 Å². The van der Waals surface area contributed by atoms with E-state index in [2.05, 4.69) is 29.5 Å². The molecule has 2 atom stereocenters. The van der Waals surface area contributed by atoms with Crippen molar-refractivity contribution in [3.8, 4) is 0 Å². The van der Waals surface area contributed by atoms with E-state index in [-0.39, 0.29) is 4.75 Å². The predicted octanol–water partition coefficient (Wildman–Crippen LogP) is 1.89. The van der Waals surface area contributed by atoms with Crippen molar-refractivity contribution in [2.24, 2.45) is 4.99 Å². The van der Waals surface area contributed by atoms with Crippen LogP contribution in [0.4, 0.5) is 0 Å². The highest BCUT2D eigenvalue weighted by atomic mass is 32.2. The summed E-state index contributed by atoms with van der Waals surface area (Å²) in [5, 5.41) is 6.52. The Hall–Kier alpha value is -0.580. The zero-order valence-corrected chi connectivity index (χ0v) is 13.5. The molecule has 0 aromatic rings. The second-order valence-electron chi connectivity index (χ2n) is 5.38. The van der Waals surface area contributed by atoms with Crippen LogP contribution in [0.25, 0.3) is 0 Å². The average molecular weight is 275 g/mol. The minimum absolute atomic E-state index is 0.155. The summed E-state index contributed by atoms with van der Waals surface area (Å²) in [5.41, 5.74) is 0. The van der Waals surface area contributed by atoms with Crippen LogP contribution in [0.5, 0.6) is 0 Å². The second-order valence-corrected chi connectivity index (χ2v) is 7.70. The van der Waals surface area contributed by atoms with Crippen LogP contribution in [-0.2, 0) is 10.8 Å². The van der Waals surface area contributed by atoms with Gasteiger partial charge in [-0.1, -0.05) is 6.92 Å². The summed E-state index contributed by atoms with van der Waals surface area (Å²) < 4.78 is 11.7. The lowest BCUT2D eigenvalue weighted by Gasteiger charge is -2.18. The van der Waals surface area contributed by atoms with Crippen molar-refractivity contribution >= 4 is 16.8 Å². The Labute approximate surface area is 114 Å². The molecule has 108 valence electrons. The summed E-state index contributed by atoms with van der Waals surface area (Å²) >= 11 is 0. The summed E-state index contributed by atoms with van der Waals surface area (Å²) in [6.45, 7) is 13.7. The number of rotatable bonds is 6. The summed E-state index contributed by atoms with van der Waals surface area (Å²) in [5.74, 6) is 1.43. The molecule has 5 heteroatoms.